The second-order valence-corrected chi connectivity index (χ2v) is 14.6. The Morgan fingerprint density at radius 2 is 1.13 bits per heavy atom. The number of esters is 2. The number of carbonyl (C=O) groups is 2. The average Bonchev–Trinajstić information content (AvgIpc) is 3.84. The van der Waals surface area contributed by atoms with Crippen molar-refractivity contribution in [3.8, 4) is 0 Å². The summed E-state index contributed by atoms with van der Waals surface area (Å²) in [5.41, 5.74) is 3.27. The van der Waals surface area contributed by atoms with Gasteiger partial charge in [-0.2, -0.15) is 0 Å². The van der Waals surface area contributed by atoms with E-state index in [4.69, 9.17) is 28.9 Å². The number of nitrogens with zero attached hydrogens (tertiary/aromatic N) is 2. The summed E-state index contributed by atoms with van der Waals surface area (Å²) >= 11 is 0. The molecule has 0 N–H and O–H groups in total. The van der Waals surface area contributed by atoms with Crippen LogP contribution in [0, 0.1) is 11.8 Å². The molecule has 0 aromatic rings. The molecule has 46 heavy (non-hydrogen) atoms. The molecular weight excluding hydrogens is 580 g/mol. The normalized spacial score (nSPS) is 39.8. The molecule has 250 valence electrons. The van der Waals surface area contributed by atoms with E-state index in [0.29, 0.717) is 11.1 Å². The highest BCUT2D eigenvalue weighted by Gasteiger charge is 2.62. The summed E-state index contributed by atoms with van der Waals surface area (Å²) in [5, 5.41) is 0. The van der Waals surface area contributed by atoms with Gasteiger partial charge in [-0.15, -0.1) is 0 Å². The molecule has 6 rings (SSSR count). The molecule has 4 saturated heterocycles. The lowest BCUT2D eigenvalue weighted by Crippen LogP contribution is -2.28. The topological polar surface area (TPSA) is 102 Å². The van der Waals surface area contributed by atoms with Crippen LogP contribution in [-0.2, 0) is 28.5 Å². The van der Waals surface area contributed by atoms with Crippen molar-refractivity contribution in [2.24, 2.45) is 21.8 Å². The minimum absolute atomic E-state index is 0.00202. The van der Waals surface area contributed by atoms with E-state index < -0.39 is 0 Å². The maximum atomic E-state index is 12.2. The molecule has 0 amide bonds. The fraction of sp³-hybridized carbons (Fsp3) is 0.684. The predicted octanol–water partition coefficient (Wildman–Crippen LogP) is 6.98. The zero-order valence-electron chi connectivity index (χ0n) is 27.8. The third kappa shape index (κ3) is 7.49. The number of fused-ring (bicyclic) bond motifs is 6. The van der Waals surface area contributed by atoms with Crippen molar-refractivity contribution in [3.63, 3.8) is 0 Å². The van der Waals surface area contributed by atoms with Gasteiger partial charge >= 0.3 is 11.9 Å². The summed E-state index contributed by atoms with van der Waals surface area (Å²) in [4.78, 5) is 33.9. The van der Waals surface area contributed by atoms with Gasteiger partial charge in [-0.1, -0.05) is 51.0 Å². The van der Waals surface area contributed by atoms with Crippen LogP contribution in [0.4, 0.5) is 0 Å². The monoisotopic (exact) mass is 632 g/mol. The fourth-order valence-corrected chi connectivity index (χ4v) is 7.88. The van der Waals surface area contributed by atoms with Crippen LogP contribution in [0.2, 0.25) is 0 Å². The van der Waals surface area contributed by atoms with Crippen LogP contribution >= 0.6 is 0 Å². The van der Waals surface area contributed by atoms with Crippen molar-refractivity contribution in [1.29, 1.82) is 0 Å². The molecular formula is C38H52N2O6. The smallest absolute Gasteiger partial charge is 0.334 e. The van der Waals surface area contributed by atoms with Gasteiger partial charge in [0.2, 0.25) is 0 Å². The molecule has 0 aromatic heterocycles. The first-order chi connectivity index (χ1) is 22.2. The lowest BCUT2D eigenvalue weighted by Gasteiger charge is -2.19. The molecule has 0 radical (unpaired) electrons. The summed E-state index contributed by atoms with van der Waals surface area (Å²) in [6, 6.07) is 0. The molecule has 0 unspecified atom stereocenters. The summed E-state index contributed by atoms with van der Waals surface area (Å²) in [7, 11) is 0. The zero-order valence-corrected chi connectivity index (χ0v) is 27.8. The Balaban J connectivity index is 0.849. The highest BCUT2D eigenvalue weighted by molar-refractivity contribution is 5.91. The van der Waals surface area contributed by atoms with Gasteiger partial charge in [0.25, 0.3) is 0 Å². The Morgan fingerprint density at radius 3 is 1.57 bits per heavy atom. The summed E-state index contributed by atoms with van der Waals surface area (Å²) < 4.78 is 23.3. The number of aliphatic imine (C=N–C) groups is 2. The average molecular weight is 633 g/mol. The minimum atomic E-state index is -0.264. The standard InChI is InChI=1S/C38H52N2O6/c1-25-29-17-15-27(13-11-19-37(3)33(45-37)31(29)43-35(25)41)23-39-21-9-7-5-6-8-10-22-40-24-28-14-12-20-38(4)34(46-38)32-30(18-16-28)26(2)36(42)44-32/h13-14,23-24,29-34H,1-2,5-12,15-22H2,3-4H3/b27-13+,28-14+,39-23-,40-24+/t29-,30-,31-,32-,33-,34-,37+,38+/m0/s1. The molecule has 0 saturated carbocycles. The van der Waals surface area contributed by atoms with Crippen molar-refractivity contribution < 1.29 is 28.5 Å². The van der Waals surface area contributed by atoms with E-state index in [1.165, 1.54) is 36.8 Å². The van der Waals surface area contributed by atoms with Crippen molar-refractivity contribution in [2.75, 3.05) is 13.1 Å². The second-order valence-electron chi connectivity index (χ2n) is 14.6. The van der Waals surface area contributed by atoms with Crippen LogP contribution in [-0.4, -0.2) is 73.1 Å². The van der Waals surface area contributed by atoms with Crippen molar-refractivity contribution in [2.45, 2.75) is 139 Å². The molecule has 8 atom stereocenters. The largest absolute Gasteiger partial charge is 0.455 e. The number of hydrogen-bond acceptors (Lipinski definition) is 8. The molecule has 0 aromatic carbocycles. The van der Waals surface area contributed by atoms with E-state index in [-0.39, 0.29) is 59.4 Å². The summed E-state index contributed by atoms with van der Waals surface area (Å²) in [5.74, 6) is -0.470. The highest BCUT2D eigenvalue weighted by atomic mass is 16.7. The number of ether oxygens (including phenoxy) is 4. The van der Waals surface area contributed by atoms with Crippen molar-refractivity contribution in [1.82, 2.24) is 0 Å². The van der Waals surface area contributed by atoms with Crippen LogP contribution in [0.15, 0.2) is 57.6 Å². The van der Waals surface area contributed by atoms with Crippen LogP contribution in [0.25, 0.3) is 0 Å². The number of epoxide rings is 2. The Labute approximate surface area is 274 Å². The van der Waals surface area contributed by atoms with E-state index in [0.717, 1.165) is 77.3 Å². The zero-order chi connectivity index (χ0) is 32.3. The molecule has 4 heterocycles. The van der Waals surface area contributed by atoms with Gasteiger partial charge in [0.15, 0.2) is 0 Å². The molecule has 0 spiro atoms. The molecule has 8 nitrogen and oxygen atoms in total. The lowest BCUT2D eigenvalue weighted by molar-refractivity contribution is -0.140. The molecule has 6 aliphatic rings. The number of carbonyl (C=O) groups excluding carboxylic acids is 2. The van der Waals surface area contributed by atoms with Gasteiger partial charge in [0, 0.05) is 48.5 Å². The Bertz CT molecular complexity index is 1230. The maximum Gasteiger partial charge on any atom is 0.334 e. The van der Waals surface area contributed by atoms with Crippen molar-refractivity contribution >= 4 is 24.4 Å². The summed E-state index contributed by atoms with van der Waals surface area (Å²) in [6.07, 6.45) is 22.5. The molecule has 4 fully saturated rings. The van der Waals surface area contributed by atoms with Gasteiger partial charge in [0.1, 0.15) is 24.4 Å². The second kappa shape index (κ2) is 14.1. The maximum absolute atomic E-state index is 12.2. The Hall–Kier alpha value is -2.84. The van der Waals surface area contributed by atoms with Crippen LogP contribution in [0.1, 0.15) is 104 Å². The fourth-order valence-electron chi connectivity index (χ4n) is 7.88. The Kier molecular flexibility index (Phi) is 10.1. The molecule has 2 aliphatic carbocycles. The number of rotatable bonds is 11. The van der Waals surface area contributed by atoms with Gasteiger partial charge < -0.3 is 18.9 Å². The van der Waals surface area contributed by atoms with Crippen LogP contribution in [0.5, 0.6) is 0 Å². The highest BCUT2D eigenvalue weighted by Crippen LogP contribution is 2.51. The quantitative estimate of drug-likeness (QED) is 0.0801. The lowest BCUT2D eigenvalue weighted by atomic mass is 9.84. The SMILES string of the molecule is C=C1C(=O)O[C@H]2[C@H]1CCC(/C=N\CCCCCCCC/N=C/C1=C/CC[C@@]3(C)O[C@H]3[C@H]3OC(=O)C(=C)[C@@H]3CC1)=C\CC[C@@]1(C)O[C@@H]21. The van der Waals surface area contributed by atoms with E-state index in [1.54, 1.807) is 0 Å². The van der Waals surface area contributed by atoms with Gasteiger partial charge in [-0.25, -0.2) is 9.59 Å². The molecule has 8 heteroatoms. The third-order valence-corrected chi connectivity index (χ3v) is 11.1. The first kappa shape index (κ1) is 33.1. The molecule has 4 aliphatic heterocycles. The van der Waals surface area contributed by atoms with E-state index >= 15 is 0 Å². The predicted molar refractivity (Wildman–Crippen MR) is 179 cm³/mol. The number of allylic oxidation sites excluding steroid dienone is 4. The summed E-state index contributed by atoms with van der Waals surface area (Å²) in [6.45, 7) is 14.0. The first-order valence-corrected chi connectivity index (χ1v) is 17.7. The van der Waals surface area contributed by atoms with Gasteiger partial charge in [-0.3, -0.25) is 9.98 Å². The van der Waals surface area contributed by atoms with E-state index in [9.17, 15) is 9.59 Å². The van der Waals surface area contributed by atoms with Gasteiger partial charge in [0.05, 0.1) is 11.2 Å². The molecule has 0 bridgehead atoms. The first-order valence-electron chi connectivity index (χ1n) is 17.7. The minimum Gasteiger partial charge on any atom is -0.455 e. The number of hydrogen-bond donors (Lipinski definition) is 0. The Morgan fingerprint density at radius 1 is 0.717 bits per heavy atom. The van der Waals surface area contributed by atoms with E-state index in [1.807, 2.05) is 12.4 Å². The van der Waals surface area contributed by atoms with Crippen molar-refractivity contribution in [3.05, 3.63) is 47.6 Å². The van der Waals surface area contributed by atoms with Crippen LogP contribution < -0.4 is 0 Å². The van der Waals surface area contributed by atoms with Crippen LogP contribution in [0.3, 0.4) is 0 Å². The van der Waals surface area contributed by atoms with Gasteiger partial charge in [-0.05, 0) is 89.2 Å². The third-order valence-electron chi connectivity index (χ3n) is 11.1. The van der Waals surface area contributed by atoms with E-state index in [2.05, 4.69) is 39.2 Å². The number of unbranched alkanes of at least 4 members (excludes halogenated alkanes) is 5.